The van der Waals surface area contributed by atoms with E-state index in [0.29, 0.717) is 17.0 Å². The molecule has 0 aliphatic carbocycles. The molecule has 0 bridgehead atoms. The average molecular weight is 259 g/mol. The SMILES string of the molecule is CN(CCCCN)CCc1cc(Cl)ccc1F. The summed E-state index contributed by atoms with van der Waals surface area (Å²) >= 11 is 5.84. The van der Waals surface area contributed by atoms with Crippen molar-refractivity contribution in [1.29, 1.82) is 0 Å². The maximum absolute atomic E-state index is 13.4. The first kappa shape index (κ1) is 14.4. The smallest absolute Gasteiger partial charge is 0.126 e. The second kappa shape index (κ2) is 7.64. The predicted octanol–water partition coefficient (Wildman–Crippen LogP) is 2.69. The minimum absolute atomic E-state index is 0.176. The number of nitrogens with zero attached hydrogens (tertiary/aromatic N) is 1. The fraction of sp³-hybridized carbons (Fsp3) is 0.538. The molecule has 0 aliphatic heterocycles. The monoisotopic (exact) mass is 258 g/mol. The summed E-state index contributed by atoms with van der Waals surface area (Å²) in [6, 6.07) is 4.70. The molecule has 0 amide bonds. The largest absolute Gasteiger partial charge is 0.330 e. The van der Waals surface area contributed by atoms with Gasteiger partial charge in [0.15, 0.2) is 0 Å². The normalized spacial score (nSPS) is 11.1. The minimum atomic E-state index is -0.176. The predicted molar refractivity (Wildman–Crippen MR) is 70.9 cm³/mol. The molecular formula is C13H20ClFN2. The maximum Gasteiger partial charge on any atom is 0.126 e. The van der Waals surface area contributed by atoms with Crippen molar-refractivity contribution in [2.24, 2.45) is 5.73 Å². The lowest BCUT2D eigenvalue weighted by Gasteiger charge is -2.16. The molecule has 4 heteroatoms. The molecule has 0 spiro atoms. The number of benzene rings is 1. The molecule has 0 heterocycles. The lowest BCUT2D eigenvalue weighted by atomic mass is 10.1. The molecule has 0 radical (unpaired) electrons. The maximum atomic E-state index is 13.4. The number of unbranched alkanes of at least 4 members (excludes halogenated alkanes) is 1. The third-order valence-corrected chi connectivity index (χ3v) is 3.00. The molecule has 0 fully saturated rings. The van der Waals surface area contributed by atoms with Gasteiger partial charge in [0.2, 0.25) is 0 Å². The van der Waals surface area contributed by atoms with E-state index in [2.05, 4.69) is 4.90 Å². The van der Waals surface area contributed by atoms with Crippen molar-refractivity contribution in [2.45, 2.75) is 19.3 Å². The molecule has 1 rings (SSSR count). The van der Waals surface area contributed by atoms with Crippen molar-refractivity contribution in [3.63, 3.8) is 0 Å². The summed E-state index contributed by atoms with van der Waals surface area (Å²) in [5.74, 6) is -0.176. The van der Waals surface area contributed by atoms with Crippen LogP contribution in [0.2, 0.25) is 5.02 Å². The van der Waals surface area contributed by atoms with E-state index in [9.17, 15) is 4.39 Å². The molecule has 2 nitrogen and oxygen atoms in total. The molecule has 96 valence electrons. The Balaban J connectivity index is 2.36. The fourth-order valence-electron chi connectivity index (χ4n) is 1.68. The Kier molecular flexibility index (Phi) is 6.48. The van der Waals surface area contributed by atoms with E-state index in [1.807, 2.05) is 7.05 Å². The molecule has 0 saturated carbocycles. The van der Waals surface area contributed by atoms with Gasteiger partial charge in [-0.05, 0) is 63.2 Å². The topological polar surface area (TPSA) is 29.3 Å². The van der Waals surface area contributed by atoms with Crippen LogP contribution in [0.1, 0.15) is 18.4 Å². The van der Waals surface area contributed by atoms with Crippen LogP contribution in [0.5, 0.6) is 0 Å². The Labute approximate surface area is 108 Å². The highest BCUT2D eigenvalue weighted by Crippen LogP contribution is 2.15. The van der Waals surface area contributed by atoms with Crippen LogP contribution in [0.15, 0.2) is 18.2 Å². The zero-order chi connectivity index (χ0) is 12.7. The van der Waals surface area contributed by atoms with Crippen LogP contribution >= 0.6 is 11.6 Å². The first-order valence-electron chi connectivity index (χ1n) is 5.96. The highest BCUT2D eigenvalue weighted by molar-refractivity contribution is 6.30. The first-order chi connectivity index (χ1) is 8.13. The van der Waals surface area contributed by atoms with Crippen LogP contribution in [0, 0.1) is 5.82 Å². The Morgan fingerprint density at radius 1 is 1.29 bits per heavy atom. The Bertz CT molecular complexity index is 344. The van der Waals surface area contributed by atoms with E-state index in [1.165, 1.54) is 6.07 Å². The zero-order valence-electron chi connectivity index (χ0n) is 10.3. The van der Waals surface area contributed by atoms with Crippen molar-refractivity contribution in [3.8, 4) is 0 Å². The third-order valence-electron chi connectivity index (χ3n) is 2.76. The van der Waals surface area contributed by atoms with E-state index in [4.69, 9.17) is 17.3 Å². The molecular weight excluding hydrogens is 239 g/mol. The summed E-state index contributed by atoms with van der Waals surface area (Å²) in [5.41, 5.74) is 6.12. The van der Waals surface area contributed by atoms with Crippen LogP contribution in [0.4, 0.5) is 4.39 Å². The second-order valence-electron chi connectivity index (χ2n) is 4.28. The van der Waals surface area contributed by atoms with E-state index < -0.39 is 0 Å². The van der Waals surface area contributed by atoms with Crippen LogP contribution in [-0.4, -0.2) is 31.6 Å². The Hall–Kier alpha value is -0.640. The highest BCUT2D eigenvalue weighted by Gasteiger charge is 2.05. The van der Waals surface area contributed by atoms with Gasteiger partial charge in [0.05, 0.1) is 0 Å². The summed E-state index contributed by atoms with van der Waals surface area (Å²) in [6.45, 7) is 2.57. The van der Waals surface area contributed by atoms with Crippen LogP contribution in [0.3, 0.4) is 0 Å². The highest BCUT2D eigenvalue weighted by atomic mass is 35.5. The van der Waals surface area contributed by atoms with Crippen LogP contribution in [-0.2, 0) is 6.42 Å². The first-order valence-corrected chi connectivity index (χ1v) is 6.34. The third kappa shape index (κ3) is 5.48. The Morgan fingerprint density at radius 2 is 2.06 bits per heavy atom. The quantitative estimate of drug-likeness (QED) is 0.762. The molecule has 0 aliphatic rings. The zero-order valence-corrected chi connectivity index (χ0v) is 11.0. The van der Waals surface area contributed by atoms with E-state index >= 15 is 0 Å². The standard InChI is InChI=1S/C13H20ClFN2/c1-17(8-3-2-7-16)9-6-11-10-12(14)4-5-13(11)15/h4-5,10H,2-3,6-9,16H2,1H3. The van der Waals surface area contributed by atoms with Crippen LogP contribution in [0.25, 0.3) is 0 Å². The van der Waals surface area contributed by atoms with Crippen molar-refractivity contribution < 1.29 is 4.39 Å². The molecule has 2 N–H and O–H groups in total. The van der Waals surface area contributed by atoms with E-state index in [0.717, 1.165) is 32.5 Å². The summed E-state index contributed by atoms with van der Waals surface area (Å²) in [4.78, 5) is 2.19. The summed E-state index contributed by atoms with van der Waals surface area (Å²) < 4.78 is 13.4. The van der Waals surface area contributed by atoms with Crippen molar-refractivity contribution in [3.05, 3.63) is 34.6 Å². The van der Waals surface area contributed by atoms with Crippen molar-refractivity contribution in [2.75, 3.05) is 26.7 Å². The van der Waals surface area contributed by atoms with Crippen molar-refractivity contribution in [1.82, 2.24) is 4.90 Å². The van der Waals surface area contributed by atoms with Gasteiger partial charge in [-0.1, -0.05) is 11.6 Å². The summed E-state index contributed by atoms with van der Waals surface area (Å²) in [6.07, 6.45) is 2.81. The average Bonchev–Trinajstić information content (AvgIpc) is 2.31. The molecule has 0 unspecified atom stereocenters. The molecule has 0 saturated heterocycles. The lowest BCUT2D eigenvalue weighted by molar-refractivity contribution is 0.329. The Morgan fingerprint density at radius 3 is 2.76 bits per heavy atom. The van der Waals surface area contributed by atoms with Crippen molar-refractivity contribution >= 4 is 11.6 Å². The molecule has 1 aromatic rings. The van der Waals surface area contributed by atoms with Gasteiger partial charge in [-0.2, -0.15) is 0 Å². The molecule has 17 heavy (non-hydrogen) atoms. The summed E-state index contributed by atoms with van der Waals surface area (Å²) in [5, 5.41) is 0.590. The van der Waals surface area contributed by atoms with E-state index in [1.54, 1.807) is 12.1 Å². The number of hydrogen-bond donors (Lipinski definition) is 1. The van der Waals surface area contributed by atoms with Gasteiger partial charge in [-0.3, -0.25) is 0 Å². The number of likely N-dealkylation sites (N-methyl/N-ethyl adjacent to an activating group) is 1. The minimum Gasteiger partial charge on any atom is -0.330 e. The van der Waals surface area contributed by atoms with Gasteiger partial charge in [0, 0.05) is 11.6 Å². The van der Waals surface area contributed by atoms with Gasteiger partial charge in [0.1, 0.15) is 5.82 Å². The van der Waals surface area contributed by atoms with Gasteiger partial charge in [0.25, 0.3) is 0 Å². The van der Waals surface area contributed by atoms with Gasteiger partial charge in [-0.25, -0.2) is 4.39 Å². The van der Waals surface area contributed by atoms with Gasteiger partial charge >= 0.3 is 0 Å². The fourth-order valence-corrected chi connectivity index (χ4v) is 1.88. The molecule has 0 aromatic heterocycles. The van der Waals surface area contributed by atoms with E-state index in [-0.39, 0.29) is 5.82 Å². The lowest BCUT2D eigenvalue weighted by Crippen LogP contribution is -2.23. The molecule has 0 atom stereocenters. The van der Waals surface area contributed by atoms with Gasteiger partial charge < -0.3 is 10.6 Å². The number of rotatable bonds is 7. The van der Waals surface area contributed by atoms with Crippen LogP contribution < -0.4 is 5.73 Å². The number of hydrogen-bond acceptors (Lipinski definition) is 2. The number of halogens is 2. The summed E-state index contributed by atoms with van der Waals surface area (Å²) in [7, 11) is 2.04. The number of nitrogens with two attached hydrogens (primary N) is 1. The second-order valence-corrected chi connectivity index (χ2v) is 4.72. The molecule has 1 aromatic carbocycles. The van der Waals surface area contributed by atoms with Gasteiger partial charge in [-0.15, -0.1) is 0 Å².